The van der Waals surface area contributed by atoms with Gasteiger partial charge in [-0.3, -0.25) is 10.2 Å². The summed E-state index contributed by atoms with van der Waals surface area (Å²) in [6.07, 6.45) is 6.32. The number of H-pyrrole nitrogens is 1. The molecule has 0 aromatic carbocycles. The molecule has 0 unspecified atom stereocenters. The number of imidazole rings is 1. The second-order valence-electron chi connectivity index (χ2n) is 10.2. The maximum Gasteiger partial charge on any atom is 0.243 e. The van der Waals surface area contributed by atoms with Crippen LogP contribution in [-0.2, 0) is 9.53 Å². The van der Waals surface area contributed by atoms with Gasteiger partial charge in [-0.25, -0.2) is 19.9 Å². The second kappa shape index (κ2) is 11.3. The van der Waals surface area contributed by atoms with Crippen molar-refractivity contribution >= 4 is 46.3 Å². The third kappa shape index (κ3) is 5.61. The standard InChI is InChI=1S/C26H34N12O2/c1-2-21(39)31-18-14-38(15-18)19-3-6-28-20(13-19)33-25(27)32-17-4-7-37(8-5-17)26-34-22-23(35-26)29-16-30-24(22)36-9-11-40-12-10-36/h2-3,6,13,16-18H,1,4-5,7-12,14-15H2,(H,31,39)(H3,27,28,32,33)(H,29,30,34,35). The first kappa shape index (κ1) is 25.8. The van der Waals surface area contributed by atoms with Gasteiger partial charge in [-0.05, 0) is 25.0 Å². The van der Waals surface area contributed by atoms with E-state index in [1.165, 1.54) is 6.08 Å². The predicted octanol–water partition coefficient (Wildman–Crippen LogP) is 0.681. The molecule has 3 aromatic rings. The Morgan fingerprint density at radius 2 is 1.85 bits per heavy atom. The number of anilines is 4. The number of nitrogens with zero attached hydrogens (tertiary/aromatic N) is 7. The summed E-state index contributed by atoms with van der Waals surface area (Å²) in [6, 6.07) is 4.12. The Bertz CT molecular complexity index is 1370. The molecule has 3 aliphatic heterocycles. The molecule has 0 radical (unpaired) electrons. The quantitative estimate of drug-likeness (QED) is 0.161. The van der Waals surface area contributed by atoms with Gasteiger partial charge in [0.1, 0.15) is 12.1 Å². The number of piperidine rings is 1. The van der Waals surface area contributed by atoms with Crippen LogP contribution in [0.25, 0.3) is 11.2 Å². The van der Waals surface area contributed by atoms with Gasteiger partial charge in [0.2, 0.25) is 11.9 Å². The number of amides is 1. The zero-order chi connectivity index (χ0) is 27.5. The van der Waals surface area contributed by atoms with Gasteiger partial charge in [-0.15, -0.1) is 0 Å². The van der Waals surface area contributed by atoms with Crippen LogP contribution in [0.5, 0.6) is 0 Å². The predicted molar refractivity (Wildman–Crippen MR) is 153 cm³/mol. The maximum atomic E-state index is 11.5. The van der Waals surface area contributed by atoms with E-state index >= 15 is 0 Å². The van der Waals surface area contributed by atoms with Crippen molar-refractivity contribution in [2.24, 2.45) is 0 Å². The van der Waals surface area contributed by atoms with E-state index in [1.54, 1.807) is 12.5 Å². The van der Waals surface area contributed by atoms with Crippen LogP contribution in [0, 0.1) is 5.41 Å². The van der Waals surface area contributed by atoms with Gasteiger partial charge in [0.05, 0.1) is 19.3 Å². The van der Waals surface area contributed by atoms with Gasteiger partial charge in [0, 0.05) is 63.3 Å². The molecule has 6 heterocycles. The van der Waals surface area contributed by atoms with Crippen LogP contribution in [0.15, 0.2) is 37.3 Å². The van der Waals surface area contributed by atoms with E-state index in [0.717, 1.165) is 80.7 Å². The van der Waals surface area contributed by atoms with E-state index in [4.69, 9.17) is 15.1 Å². The first-order valence-corrected chi connectivity index (χ1v) is 13.6. The molecule has 0 aliphatic carbocycles. The van der Waals surface area contributed by atoms with E-state index < -0.39 is 0 Å². The van der Waals surface area contributed by atoms with E-state index in [-0.39, 0.29) is 24.0 Å². The van der Waals surface area contributed by atoms with E-state index in [2.05, 4.69) is 57.2 Å². The first-order chi connectivity index (χ1) is 19.6. The summed E-state index contributed by atoms with van der Waals surface area (Å²) in [7, 11) is 0. The van der Waals surface area contributed by atoms with Gasteiger partial charge in [-0.1, -0.05) is 6.58 Å². The molecular weight excluding hydrogens is 512 g/mol. The lowest BCUT2D eigenvalue weighted by molar-refractivity contribution is -0.117. The summed E-state index contributed by atoms with van der Waals surface area (Å²) < 4.78 is 5.48. The number of carbonyl (C=O) groups excluding carboxylic acids is 1. The summed E-state index contributed by atoms with van der Waals surface area (Å²) in [4.78, 5) is 39.5. The first-order valence-electron chi connectivity index (χ1n) is 13.6. The fourth-order valence-electron chi connectivity index (χ4n) is 5.29. The van der Waals surface area contributed by atoms with E-state index in [0.29, 0.717) is 19.0 Å². The molecule has 0 atom stereocenters. The van der Waals surface area contributed by atoms with Gasteiger partial charge < -0.3 is 40.4 Å². The van der Waals surface area contributed by atoms with Crippen molar-refractivity contribution in [3.8, 4) is 0 Å². The van der Waals surface area contributed by atoms with Gasteiger partial charge in [0.15, 0.2) is 22.9 Å². The van der Waals surface area contributed by atoms with Crippen molar-refractivity contribution in [2.45, 2.75) is 24.9 Å². The van der Waals surface area contributed by atoms with E-state index in [1.807, 2.05) is 12.1 Å². The summed E-state index contributed by atoms with van der Waals surface area (Å²) >= 11 is 0. The highest BCUT2D eigenvalue weighted by molar-refractivity contribution is 5.91. The fraction of sp³-hybridized carbons (Fsp3) is 0.462. The van der Waals surface area contributed by atoms with Crippen LogP contribution in [0.1, 0.15) is 12.8 Å². The molecule has 14 nitrogen and oxygen atoms in total. The largest absolute Gasteiger partial charge is 0.378 e. The molecule has 0 saturated carbocycles. The molecule has 3 saturated heterocycles. The van der Waals surface area contributed by atoms with Crippen molar-refractivity contribution < 1.29 is 9.53 Å². The number of rotatable bonds is 7. The third-order valence-electron chi connectivity index (χ3n) is 7.48. The Kier molecular flexibility index (Phi) is 7.31. The number of morpholine rings is 1. The van der Waals surface area contributed by atoms with Crippen molar-refractivity contribution in [3.05, 3.63) is 37.3 Å². The maximum absolute atomic E-state index is 11.5. The molecule has 3 aromatic heterocycles. The highest BCUT2D eigenvalue weighted by atomic mass is 16.5. The number of nitrogens with one attached hydrogen (secondary N) is 5. The molecule has 3 fully saturated rings. The van der Waals surface area contributed by atoms with E-state index in [9.17, 15) is 4.79 Å². The summed E-state index contributed by atoms with van der Waals surface area (Å²) in [5, 5.41) is 17.7. The fourth-order valence-corrected chi connectivity index (χ4v) is 5.29. The van der Waals surface area contributed by atoms with Crippen LogP contribution < -0.4 is 30.7 Å². The number of aromatic nitrogens is 5. The summed E-state index contributed by atoms with van der Waals surface area (Å²) in [6.45, 7) is 9.50. The highest BCUT2D eigenvalue weighted by Crippen LogP contribution is 2.26. The molecule has 1 amide bonds. The Morgan fingerprint density at radius 3 is 2.62 bits per heavy atom. The normalized spacial score (nSPS) is 18.4. The molecule has 5 N–H and O–H groups in total. The highest BCUT2D eigenvalue weighted by Gasteiger charge is 2.28. The lowest BCUT2D eigenvalue weighted by Crippen LogP contribution is -2.59. The second-order valence-corrected chi connectivity index (χ2v) is 10.2. The number of pyridine rings is 1. The average molecular weight is 547 g/mol. The SMILES string of the molecule is C=CC(=O)NC1CN(c2ccnc(NC(=N)NC3CCN(c4nc5c(N6CCOCC6)ncnc5[nH]4)CC3)c2)C1. The molecule has 3 aliphatic rings. The van der Waals surface area contributed by atoms with Crippen LogP contribution in [0.3, 0.4) is 0 Å². The Balaban J connectivity index is 0.997. The molecule has 6 rings (SSSR count). The van der Waals surface area contributed by atoms with Gasteiger partial charge in [0.25, 0.3) is 0 Å². The summed E-state index contributed by atoms with van der Waals surface area (Å²) in [5.74, 6) is 2.31. The number of hydrogen-bond donors (Lipinski definition) is 5. The van der Waals surface area contributed by atoms with Crippen molar-refractivity contribution in [1.82, 2.24) is 35.6 Å². The number of hydrogen-bond acceptors (Lipinski definition) is 10. The van der Waals surface area contributed by atoms with Crippen molar-refractivity contribution in [1.29, 1.82) is 5.41 Å². The minimum atomic E-state index is -0.156. The topological polar surface area (TPSA) is 163 Å². The Labute approximate surface area is 231 Å². The van der Waals surface area contributed by atoms with Crippen LogP contribution in [0.2, 0.25) is 0 Å². The zero-order valence-electron chi connectivity index (χ0n) is 22.3. The Hall–Kier alpha value is -4.46. The van der Waals surface area contributed by atoms with Crippen molar-refractivity contribution in [3.63, 3.8) is 0 Å². The molecule has 210 valence electrons. The van der Waals surface area contributed by atoms with Crippen LogP contribution >= 0.6 is 0 Å². The van der Waals surface area contributed by atoms with Gasteiger partial charge >= 0.3 is 0 Å². The zero-order valence-corrected chi connectivity index (χ0v) is 22.3. The van der Waals surface area contributed by atoms with Crippen LogP contribution in [-0.4, -0.2) is 101 Å². The summed E-state index contributed by atoms with van der Waals surface area (Å²) in [5.41, 5.74) is 2.52. The molecular formula is C26H34N12O2. The Morgan fingerprint density at radius 1 is 1.05 bits per heavy atom. The monoisotopic (exact) mass is 546 g/mol. The number of ether oxygens (including phenoxy) is 1. The third-order valence-corrected chi connectivity index (χ3v) is 7.48. The molecule has 0 spiro atoms. The average Bonchev–Trinajstić information content (AvgIpc) is 3.40. The minimum absolute atomic E-state index is 0.111. The smallest absolute Gasteiger partial charge is 0.243 e. The lowest BCUT2D eigenvalue weighted by Gasteiger charge is -2.41. The molecule has 14 heteroatoms. The molecule has 40 heavy (non-hydrogen) atoms. The number of carbonyl (C=O) groups is 1. The van der Waals surface area contributed by atoms with Gasteiger partial charge in [-0.2, -0.15) is 0 Å². The van der Waals surface area contributed by atoms with Crippen molar-refractivity contribution in [2.75, 3.05) is 72.5 Å². The molecule has 0 bridgehead atoms. The number of aromatic amines is 1. The minimum Gasteiger partial charge on any atom is -0.378 e. The number of fused-ring (bicyclic) bond motifs is 1. The van der Waals surface area contributed by atoms with Crippen LogP contribution in [0.4, 0.5) is 23.3 Å². The number of guanidine groups is 1. The lowest BCUT2D eigenvalue weighted by atomic mass is 10.1.